The number of hydrogen-bond acceptors (Lipinski definition) is 7. The van der Waals surface area contributed by atoms with Gasteiger partial charge in [0, 0.05) is 77.1 Å². The van der Waals surface area contributed by atoms with Gasteiger partial charge in [0.1, 0.15) is 5.82 Å². The number of fused-ring (bicyclic) bond motifs is 2. The van der Waals surface area contributed by atoms with E-state index in [9.17, 15) is 0 Å². The summed E-state index contributed by atoms with van der Waals surface area (Å²) in [5, 5.41) is 4.75. The van der Waals surface area contributed by atoms with Gasteiger partial charge < -0.3 is 24.8 Å². The summed E-state index contributed by atoms with van der Waals surface area (Å²) in [4.78, 5) is 22.2. The van der Waals surface area contributed by atoms with Crippen LogP contribution in [-0.2, 0) is 11.2 Å². The van der Waals surface area contributed by atoms with Crippen molar-refractivity contribution >= 4 is 50.4 Å². The normalized spacial score (nSPS) is 13.5. The monoisotopic (exact) mass is 569 g/mol. The predicted octanol–water partition coefficient (Wildman–Crippen LogP) is 7.39. The first kappa shape index (κ1) is 26.9. The lowest BCUT2D eigenvalue weighted by molar-refractivity contribution is 0.122. The summed E-state index contributed by atoms with van der Waals surface area (Å²) in [6.07, 6.45) is 2.78. The van der Waals surface area contributed by atoms with Gasteiger partial charge in [0.05, 0.1) is 29.8 Å². The van der Waals surface area contributed by atoms with Crippen LogP contribution in [0.15, 0.2) is 85.1 Å². The Balaban J connectivity index is 1.13. The fourth-order valence-electron chi connectivity index (χ4n) is 5.69. The molecule has 1 aliphatic rings. The zero-order valence-electron chi connectivity index (χ0n) is 24.8. The van der Waals surface area contributed by atoms with Crippen LogP contribution in [0.2, 0.25) is 0 Å². The van der Waals surface area contributed by atoms with Gasteiger partial charge in [-0.25, -0.2) is 4.98 Å². The van der Waals surface area contributed by atoms with E-state index in [-0.39, 0.29) is 0 Å². The molecule has 1 fully saturated rings. The zero-order valence-corrected chi connectivity index (χ0v) is 24.8. The number of imidazole rings is 1. The van der Waals surface area contributed by atoms with Gasteiger partial charge in [0.2, 0.25) is 0 Å². The number of nitrogens with one attached hydrogen (secondary N) is 2. The smallest absolute Gasteiger partial charge is 0.138 e. The third-order valence-corrected chi connectivity index (χ3v) is 8.14. The van der Waals surface area contributed by atoms with Gasteiger partial charge >= 0.3 is 0 Å². The standard InChI is InChI=1S/C35H35N7O/c1-4-25-20-28(13-14-36-25)41(3)27-9-12-32-34(22-27)40-35(39-32)24-5-7-26(8-6-24)38-33-19-23(2)37-31-11-10-29(21-30(31)33)42-15-17-43-18-16-42/h5-14,19-22H,4,15-18H2,1-3H3,(H,37,38)(H,39,40). The lowest BCUT2D eigenvalue weighted by atomic mass is 10.1. The molecule has 1 saturated heterocycles. The number of ether oxygens (including phenoxy) is 1. The van der Waals surface area contributed by atoms with Crippen LogP contribution in [0.3, 0.4) is 0 Å². The Hall–Kier alpha value is -4.95. The number of aryl methyl sites for hydroxylation is 2. The number of aromatic nitrogens is 4. The van der Waals surface area contributed by atoms with Gasteiger partial charge in [0.15, 0.2) is 0 Å². The van der Waals surface area contributed by atoms with E-state index in [4.69, 9.17) is 14.7 Å². The van der Waals surface area contributed by atoms with Crippen molar-refractivity contribution in [3.05, 3.63) is 96.4 Å². The van der Waals surface area contributed by atoms with Gasteiger partial charge in [-0.1, -0.05) is 6.92 Å². The number of H-pyrrole nitrogens is 1. The van der Waals surface area contributed by atoms with Crippen LogP contribution in [-0.4, -0.2) is 53.3 Å². The number of pyridine rings is 2. The molecule has 0 unspecified atom stereocenters. The van der Waals surface area contributed by atoms with Crippen molar-refractivity contribution < 1.29 is 4.74 Å². The van der Waals surface area contributed by atoms with Crippen molar-refractivity contribution in [3.8, 4) is 11.4 Å². The Morgan fingerprint density at radius 1 is 0.884 bits per heavy atom. The molecule has 6 aromatic rings. The Bertz CT molecular complexity index is 1910. The summed E-state index contributed by atoms with van der Waals surface area (Å²) in [5.74, 6) is 0.846. The lowest BCUT2D eigenvalue weighted by Gasteiger charge is -2.29. The molecule has 3 aromatic carbocycles. The number of anilines is 5. The maximum atomic E-state index is 5.55. The molecule has 43 heavy (non-hydrogen) atoms. The molecule has 0 atom stereocenters. The highest BCUT2D eigenvalue weighted by Crippen LogP contribution is 2.32. The van der Waals surface area contributed by atoms with Crippen LogP contribution in [0.25, 0.3) is 33.3 Å². The molecule has 0 spiro atoms. The molecule has 3 aromatic heterocycles. The van der Waals surface area contributed by atoms with Crippen LogP contribution in [0.5, 0.6) is 0 Å². The number of benzene rings is 3. The molecule has 216 valence electrons. The second-order valence-electron chi connectivity index (χ2n) is 11.0. The quantitative estimate of drug-likeness (QED) is 0.207. The second kappa shape index (κ2) is 11.4. The first-order valence-electron chi connectivity index (χ1n) is 14.8. The van der Waals surface area contributed by atoms with Crippen LogP contribution in [0, 0.1) is 6.92 Å². The number of rotatable bonds is 7. The number of aromatic amines is 1. The number of hydrogen-bond donors (Lipinski definition) is 2. The minimum absolute atomic E-state index is 0.760. The Morgan fingerprint density at radius 3 is 2.51 bits per heavy atom. The summed E-state index contributed by atoms with van der Waals surface area (Å²) >= 11 is 0. The van der Waals surface area contributed by atoms with Gasteiger partial charge in [-0.05, 0) is 92.2 Å². The van der Waals surface area contributed by atoms with E-state index in [1.54, 1.807) is 0 Å². The van der Waals surface area contributed by atoms with Gasteiger partial charge in [-0.3, -0.25) is 9.97 Å². The number of morpholine rings is 1. The molecule has 8 nitrogen and oxygen atoms in total. The number of nitrogens with zero attached hydrogens (tertiary/aromatic N) is 5. The molecular weight excluding hydrogens is 534 g/mol. The summed E-state index contributed by atoms with van der Waals surface area (Å²) in [7, 11) is 2.08. The molecule has 7 rings (SSSR count). The van der Waals surface area contributed by atoms with Crippen molar-refractivity contribution in [3.63, 3.8) is 0 Å². The highest BCUT2D eigenvalue weighted by Gasteiger charge is 2.14. The third kappa shape index (κ3) is 5.49. The molecular formula is C35H35N7O. The Kier molecular flexibility index (Phi) is 7.12. The topological polar surface area (TPSA) is 82.2 Å². The minimum atomic E-state index is 0.760. The largest absolute Gasteiger partial charge is 0.378 e. The van der Waals surface area contributed by atoms with Crippen molar-refractivity contribution in [1.29, 1.82) is 0 Å². The highest BCUT2D eigenvalue weighted by molar-refractivity contribution is 5.95. The molecule has 0 aliphatic carbocycles. The van der Waals surface area contributed by atoms with Crippen molar-refractivity contribution in [1.82, 2.24) is 19.9 Å². The molecule has 0 bridgehead atoms. The molecule has 0 radical (unpaired) electrons. The molecule has 4 heterocycles. The van der Waals surface area contributed by atoms with E-state index < -0.39 is 0 Å². The summed E-state index contributed by atoms with van der Waals surface area (Å²) in [6, 6.07) is 27.5. The van der Waals surface area contributed by atoms with E-state index in [2.05, 4.69) is 112 Å². The lowest BCUT2D eigenvalue weighted by Crippen LogP contribution is -2.36. The maximum absolute atomic E-state index is 5.55. The summed E-state index contributed by atoms with van der Waals surface area (Å²) in [5.41, 5.74) is 11.5. The molecule has 0 amide bonds. The maximum Gasteiger partial charge on any atom is 0.138 e. The van der Waals surface area contributed by atoms with Crippen molar-refractivity contribution in [2.45, 2.75) is 20.3 Å². The average Bonchev–Trinajstić information content (AvgIpc) is 3.48. The van der Waals surface area contributed by atoms with Gasteiger partial charge in [-0.2, -0.15) is 0 Å². The molecule has 1 aliphatic heterocycles. The van der Waals surface area contributed by atoms with E-state index in [1.165, 1.54) is 5.69 Å². The van der Waals surface area contributed by atoms with Crippen LogP contribution in [0.1, 0.15) is 18.3 Å². The SMILES string of the molecule is CCc1cc(N(C)c2ccc3[nH]c(-c4ccc(Nc5cc(C)nc6ccc(N7CCOCC7)cc56)cc4)nc3c2)ccn1. The Morgan fingerprint density at radius 2 is 1.70 bits per heavy atom. The Labute approximate surface area is 251 Å². The van der Waals surface area contributed by atoms with Crippen LogP contribution >= 0.6 is 0 Å². The summed E-state index contributed by atoms with van der Waals surface area (Å²) < 4.78 is 5.55. The van der Waals surface area contributed by atoms with E-state index >= 15 is 0 Å². The van der Waals surface area contributed by atoms with E-state index in [1.807, 2.05) is 19.2 Å². The van der Waals surface area contributed by atoms with Gasteiger partial charge in [0.25, 0.3) is 0 Å². The van der Waals surface area contributed by atoms with Crippen molar-refractivity contribution in [2.24, 2.45) is 0 Å². The van der Waals surface area contributed by atoms with Crippen molar-refractivity contribution in [2.75, 3.05) is 48.5 Å². The van der Waals surface area contributed by atoms with Gasteiger partial charge in [-0.15, -0.1) is 0 Å². The first-order chi connectivity index (χ1) is 21.0. The van der Waals surface area contributed by atoms with Crippen LogP contribution < -0.4 is 15.1 Å². The molecule has 0 saturated carbocycles. The molecule has 8 heteroatoms. The predicted molar refractivity (Wildman–Crippen MR) is 176 cm³/mol. The van der Waals surface area contributed by atoms with Crippen LogP contribution in [0.4, 0.5) is 28.4 Å². The summed E-state index contributed by atoms with van der Waals surface area (Å²) in [6.45, 7) is 7.48. The van der Waals surface area contributed by atoms with E-state index in [0.29, 0.717) is 0 Å². The minimum Gasteiger partial charge on any atom is -0.378 e. The zero-order chi connectivity index (χ0) is 29.3. The second-order valence-corrected chi connectivity index (χ2v) is 11.0. The fraction of sp³-hybridized carbons (Fsp3) is 0.229. The van der Waals surface area contributed by atoms with E-state index in [0.717, 1.165) is 100 Å². The first-order valence-corrected chi connectivity index (χ1v) is 14.8. The molecule has 2 N–H and O–H groups in total. The average molecular weight is 570 g/mol. The third-order valence-electron chi connectivity index (χ3n) is 8.14. The fourth-order valence-corrected chi connectivity index (χ4v) is 5.69. The highest BCUT2D eigenvalue weighted by atomic mass is 16.5.